The molecule has 1 rings (SSSR count). The Morgan fingerprint density at radius 3 is 2.59 bits per heavy atom. The van der Waals surface area contributed by atoms with Crippen LogP contribution in [0.3, 0.4) is 0 Å². The van der Waals surface area contributed by atoms with Crippen molar-refractivity contribution in [1.82, 2.24) is 15.3 Å². The third-order valence-electron chi connectivity index (χ3n) is 2.16. The van der Waals surface area contributed by atoms with E-state index in [0.717, 1.165) is 0 Å². The number of hydrogen-bond donors (Lipinski definition) is 3. The normalized spacial score (nSPS) is 14.1. The highest BCUT2D eigenvalue weighted by Crippen LogP contribution is 2.17. The molecule has 0 aliphatic carbocycles. The first-order valence-corrected chi connectivity index (χ1v) is 5.46. The smallest absolute Gasteiger partial charge is 0.222 e. The van der Waals surface area contributed by atoms with Gasteiger partial charge in [-0.3, -0.25) is 4.79 Å². The van der Waals surface area contributed by atoms with Gasteiger partial charge in [-0.15, -0.1) is 0 Å². The van der Waals surface area contributed by atoms with Crippen LogP contribution in [0.1, 0.15) is 25.0 Å². The Balaban J connectivity index is 2.48. The third kappa shape index (κ3) is 4.64. The summed E-state index contributed by atoms with van der Waals surface area (Å²) in [6.45, 7) is 1.68. The molecule has 0 spiro atoms. The lowest BCUT2D eigenvalue weighted by molar-refractivity contribution is -0.119. The Morgan fingerprint density at radius 2 is 2.06 bits per heavy atom. The maximum Gasteiger partial charge on any atom is 0.222 e. The summed E-state index contributed by atoms with van der Waals surface area (Å²) in [6.07, 6.45) is 0.847. The zero-order chi connectivity index (χ0) is 12.8. The summed E-state index contributed by atoms with van der Waals surface area (Å²) in [7, 11) is 0. The van der Waals surface area contributed by atoms with E-state index in [9.17, 15) is 15.0 Å². The number of carbonyl (C=O) groups is 1. The largest absolute Gasteiger partial charge is 0.390 e. The third-order valence-corrected chi connectivity index (χ3v) is 2.36. The Bertz CT molecular complexity index is 372. The molecule has 1 aromatic heterocycles. The van der Waals surface area contributed by atoms with Gasteiger partial charge in [-0.25, -0.2) is 9.97 Å². The molecule has 1 aromatic rings. The standard InChI is InChI=1S/C10H14ClN3O3/c1-6(15)12-3-2-8(16)9(17)7-4-13-10(11)14-5-7/h4-5,8-9,16-17H,2-3H2,1H3,(H,12,15). The number of nitrogens with one attached hydrogen (secondary N) is 1. The Morgan fingerprint density at radius 1 is 1.47 bits per heavy atom. The summed E-state index contributed by atoms with van der Waals surface area (Å²) in [5.41, 5.74) is 0.379. The predicted octanol–water partition coefficient (Wildman–Crippen LogP) is 0.0505. The summed E-state index contributed by atoms with van der Waals surface area (Å²) in [5, 5.41) is 22.0. The van der Waals surface area contributed by atoms with E-state index in [0.29, 0.717) is 12.1 Å². The highest BCUT2D eigenvalue weighted by Gasteiger charge is 2.18. The summed E-state index contributed by atoms with van der Waals surface area (Å²) < 4.78 is 0. The summed E-state index contributed by atoms with van der Waals surface area (Å²) >= 11 is 5.50. The fourth-order valence-corrected chi connectivity index (χ4v) is 1.35. The minimum absolute atomic E-state index is 0.0775. The molecule has 0 aliphatic rings. The van der Waals surface area contributed by atoms with E-state index in [-0.39, 0.29) is 17.6 Å². The monoisotopic (exact) mass is 259 g/mol. The number of carbonyl (C=O) groups excluding carboxylic acids is 1. The molecule has 0 bridgehead atoms. The van der Waals surface area contributed by atoms with Crippen LogP contribution >= 0.6 is 11.6 Å². The van der Waals surface area contributed by atoms with Crippen molar-refractivity contribution in [2.24, 2.45) is 0 Å². The molecular weight excluding hydrogens is 246 g/mol. The van der Waals surface area contributed by atoms with E-state index >= 15 is 0 Å². The number of nitrogens with zero attached hydrogens (tertiary/aromatic N) is 2. The Labute approximate surface area is 104 Å². The molecule has 94 valence electrons. The summed E-state index contributed by atoms with van der Waals surface area (Å²) in [5.74, 6) is -0.179. The van der Waals surface area contributed by atoms with Gasteiger partial charge in [-0.1, -0.05) is 0 Å². The van der Waals surface area contributed by atoms with E-state index in [1.165, 1.54) is 19.3 Å². The first-order valence-electron chi connectivity index (χ1n) is 5.08. The summed E-state index contributed by atoms with van der Waals surface area (Å²) in [4.78, 5) is 18.0. The molecule has 0 aromatic carbocycles. The van der Waals surface area contributed by atoms with Crippen LogP contribution in [0, 0.1) is 0 Å². The van der Waals surface area contributed by atoms with Gasteiger partial charge in [0.15, 0.2) is 0 Å². The molecule has 1 amide bonds. The van der Waals surface area contributed by atoms with Gasteiger partial charge in [-0.2, -0.15) is 0 Å². The molecule has 0 saturated heterocycles. The van der Waals surface area contributed by atoms with Crippen molar-refractivity contribution >= 4 is 17.5 Å². The van der Waals surface area contributed by atoms with Crippen LogP contribution in [-0.2, 0) is 4.79 Å². The SMILES string of the molecule is CC(=O)NCCC(O)C(O)c1cnc(Cl)nc1. The van der Waals surface area contributed by atoms with Gasteiger partial charge in [0.2, 0.25) is 11.2 Å². The second-order valence-electron chi connectivity index (χ2n) is 3.57. The number of amides is 1. The van der Waals surface area contributed by atoms with E-state index in [4.69, 9.17) is 11.6 Å². The van der Waals surface area contributed by atoms with Crippen LogP contribution in [0.5, 0.6) is 0 Å². The second kappa shape index (κ2) is 6.48. The lowest BCUT2D eigenvalue weighted by Gasteiger charge is -2.17. The van der Waals surface area contributed by atoms with Gasteiger partial charge >= 0.3 is 0 Å². The van der Waals surface area contributed by atoms with Crippen molar-refractivity contribution in [3.05, 3.63) is 23.2 Å². The highest BCUT2D eigenvalue weighted by atomic mass is 35.5. The van der Waals surface area contributed by atoms with Crippen LogP contribution in [0.2, 0.25) is 5.28 Å². The minimum atomic E-state index is -1.10. The van der Waals surface area contributed by atoms with E-state index in [1.54, 1.807) is 0 Å². The minimum Gasteiger partial charge on any atom is -0.390 e. The van der Waals surface area contributed by atoms with Crippen molar-refractivity contribution in [1.29, 1.82) is 0 Å². The van der Waals surface area contributed by atoms with Crippen LogP contribution in [-0.4, -0.2) is 38.7 Å². The Kier molecular flexibility index (Phi) is 5.27. The molecule has 0 fully saturated rings. The topological polar surface area (TPSA) is 95.3 Å². The average Bonchev–Trinajstić information content (AvgIpc) is 2.28. The average molecular weight is 260 g/mol. The predicted molar refractivity (Wildman–Crippen MR) is 61.3 cm³/mol. The fourth-order valence-electron chi connectivity index (χ4n) is 1.25. The number of halogens is 1. The summed E-state index contributed by atoms with van der Waals surface area (Å²) in [6, 6.07) is 0. The molecule has 0 aliphatic heterocycles. The molecule has 2 unspecified atom stereocenters. The lowest BCUT2D eigenvalue weighted by Crippen LogP contribution is -2.27. The fraction of sp³-hybridized carbons (Fsp3) is 0.500. The molecule has 3 N–H and O–H groups in total. The van der Waals surface area contributed by atoms with Gasteiger partial charge in [-0.05, 0) is 18.0 Å². The highest BCUT2D eigenvalue weighted by molar-refractivity contribution is 6.28. The van der Waals surface area contributed by atoms with Gasteiger partial charge in [0.25, 0.3) is 0 Å². The molecule has 0 radical (unpaired) electrons. The van der Waals surface area contributed by atoms with Crippen molar-refractivity contribution in [3.63, 3.8) is 0 Å². The molecule has 1 heterocycles. The molecule has 2 atom stereocenters. The van der Waals surface area contributed by atoms with Gasteiger partial charge in [0.1, 0.15) is 6.10 Å². The van der Waals surface area contributed by atoms with Crippen molar-refractivity contribution in [2.45, 2.75) is 25.6 Å². The second-order valence-corrected chi connectivity index (χ2v) is 3.91. The first kappa shape index (κ1) is 13.8. The van der Waals surface area contributed by atoms with Crippen LogP contribution in [0.15, 0.2) is 12.4 Å². The molecule has 17 heavy (non-hydrogen) atoms. The van der Waals surface area contributed by atoms with Crippen molar-refractivity contribution in [3.8, 4) is 0 Å². The molecule has 6 nitrogen and oxygen atoms in total. The van der Waals surface area contributed by atoms with Gasteiger partial charge < -0.3 is 15.5 Å². The van der Waals surface area contributed by atoms with Crippen LogP contribution < -0.4 is 5.32 Å². The van der Waals surface area contributed by atoms with Gasteiger partial charge in [0.05, 0.1) is 6.10 Å². The maximum atomic E-state index is 10.6. The Hall–Kier alpha value is -1.24. The van der Waals surface area contributed by atoms with E-state index < -0.39 is 12.2 Å². The number of rotatable bonds is 5. The molecular formula is C10H14ClN3O3. The quantitative estimate of drug-likeness (QED) is 0.650. The zero-order valence-electron chi connectivity index (χ0n) is 9.30. The van der Waals surface area contributed by atoms with E-state index in [2.05, 4.69) is 15.3 Å². The van der Waals surface area contributed by atoms with Crippen molar-refractivity contribution < 1.29 is 15.0 Å². The van der Waals surface area contributed by atoms with Crippen LogP contribution in [0.4, 0.5) is 0 Å². The van der Waals surface area contributed by atoms with Crippen LogP contribution in [0.25, 0.3) is 0 Å². The first-order chi connectivity index (χ1) is 8.00. The molecule has 0 saturated carbocycles. The number of aliphatic hydroxyl groups excluding tert-OH is 2. The maximum absolute atomic E-state index is 10.6. The number of aliphatic hydroxyl groups is 2. The lowest BCUT2D eigenvalue weighted by atomic mass is 10.1. The molecule has 7 heteroatoms. The van der Waals surface area contributed by atoms with E-state index in [1.807, 2.05) is 0 Å². The number of hydrogen-bond acceptors (Lipinski definition) is 5. The van der Waals surface area contributed by atoms with Crippen molar-refractivity contribution in [2.75, 3.05) is 6.54 Å². The number of aromatic nitrogens is 2. The van der Waals surface area contributed by atoms with Gasteiger partial charge in [0, 0.05) is 31.4 Å². The zero-order valence-corrected chi connectivity index (χ0v) is 10.1.